The first-order valence-corrected chi connectivity index (χ1v) is 9.40. The SMILES string of the molecule is Cc1c(I)cc(CN2CCN(C(=O)OC(C)(C)C)CC2)c(C)c1N. The van der Waals surface area contributed by atoms with Crippen LogP contribution in [0.3, 0.4) is 0 Å². The third-order valence-electron chi connectivity index (χ3n) is 4.37. The van der Waals surface area contributed by atoms with E-state index in [1.807, 2.05) is 20.8 Å². The number of rotatable bonds is 2. The van der Waals surface area contributed by atoms with Crippen LogP contribution in [0.5, 0.6) is 0 Å². The second-order valence-corrected chi connectivity index (χ2v) is 8.59. The van der Waals surface area contributed by atoms with Crippen molar-refractivity contribution >= 4 is 34.4 Å². The van der Waals surface area contributed by atoms with E-state index in [4.69, 9.17) is 10.5 Å². The Morgan fingerprint density at radius 2 is 1.79 bits per heavy atom. The number of nitrogen functional groups attached to an aromatic ring is 1. The van der Waals surface area contributed by atoms with Gasteiger partial charge < -0.3 is 15.4 Å². The molecule has 1 aliphatic heterocycles. The molecule has 134 valence electrons. The Morgan fingerprint density at radius 1 is 1.21 bits per heavy atom. The second-order valence-electron chi connectivity index (χ2n) is 7.42. The number of carbonyl (C=O) groups excluding carboxylic acids is 1. The minimum atomic E-state index is -0.443. The normalized spacial score (nSPS) is 16.3. The molecule has 6 heteroatoms. The van der Waals surface area contributed by atoms with E-state index < -0.39 is 5.60 Å². The number of benzene rings is 1. The summed E-state index contributed by atoms with van der Waals surface area (Å²) in [5.41, 5.74) is 10.3. The van der Waals surface area contributed by atoms with Crippen LogP contribution in [-0.4, -0.2) is 47.7 Å². The van der Waals surface area contributed by atoms with Crippen molar-refractivity contribution in [1.82, 2.24) is 9.80 Å². The third-order valence-corrected chi connectivity index (χ3v) is 5.49. The molecule has 24 heavy (non-hydrogen) atoms. The van der Waals surface area contributed by atoms with E-state index >= 15 is 0 Å². The van der Waals surface area contributed by atoms with Crippen molar-refractivity contribution in [2.24, 2.45) is 0 Å². The molecule has 0 aliphatic carbocycles. The predicted octanol–water partition coefficient (Wildman–Crippen LogP) is 3.54. The van der Waals surface area contributed by atoms with E-state index in [0.717, 1.165) is 30.9 Å². The Hall–Kier alpha value is -1.02. The van der Waals surface area contributed by atoms with Gasteiger partial charge in [-0.3, -0.25) is 4.90 Å². The van der Waals surface area contributed by atoms with Gasteiger partial charge >= 0.3 is 6.09 Å². The molecule has 1 heterocycles. The van der Waals surface area contributed by atoms with Crippen molar-refractivity contribution in [2.75, 3.05) is 31.9 Å². The van der Waals surface area contributed by atoms with Gasteiger partial charge in [-0.15, -0.1) is 0 Å². The minimum absolute atomic E-state index is 0.215. The summed E-state index contributed by atoms with van der Waals surface area (Å²) in [5, 5.41) is 0. The summed E-state index contributed by atoms with van der Waals surface area (Å²) in [7, 11) is 0. The number of halogens is 1. The fourth-order valence-electron chi connectivity index (χ4n) is 2.77. The highest BCUT2D eigenvalue weighted by Crippen LogP contribution is 2.27. The van der Waals surface area contributed by atoms with Crippen molar-refractivity contribution < 1.29 is 9.53 Å². The van der Waals surface area contributed by atoms with Gasteiger partial charge in [-0.1, -0.05) is 0 Å². The highest BCUT2D eigenvalue weighted by Gasteiger charge is 2.26. The summed E-state index contributed by atoms with van der Waals surface area (Å²) in [4.78, 5) is 16.3. The molecular formula is C18H28IN3O2. The lowest BCUT2D eigenvalue weighted by Crippen LogP contribution is -2.49. The van der Waals surface area contributed by atoms with Crippen LogP contribution in [0.1, 0.15) is 37.5 Å². The highest BCUT2D eigenvalue weighted by molar-refractivity contribution is 14.1. The van der Waals surface area contributed by atoms with Crippen molar-refractivity contribution in [3.63, 3.8) is 0 Å². The van der Waals surface area contributed by atoms with Gasteiger partial charge in [0.25, 0.3) is 0 Å². The molecule has 1 aliphatic rings. The van der Waals surface area contributed by atoms with Gasteiger partial charge in [-0.05, 0) is 80.0 Å². The lowest BCUT2D eigenvalue weighted by atomic mass is 10.0. The van der Waals surface area contributed by atoms with E-state index in [2.05, 4.69) is 47.4 Å². The first kappa shape index (κ1) is 19.3. The molecule has 1 aromatic carbocycles. The Labute approximate surface area is 158 Å². The van der Waals surface area contributed by atoms with Gasteiger partial charge in [-0.25, -0.2) is 4.79 Å². The molecule has 0 unspecified atom stereocenters. The molecule has 1 amide bonds. The number of piperazine rings is 1. The van der Waals surface area contributed by atoms with Crippen LogP contribution in [0.15, 0.2) is 6.07 Å². The van der Waals surface area contributed by atoms with E-state index in [-0.39, 0.29) is 6.09 Å². The molecular weight excluding hydrogens is 417 g/mol. The number of anilines is 1. The number of carbonyl (C=O) groups is 1. The van der Waals surface area contributed by atoms with Crippen molar-refractivity contribution in [2.45, 2.75) is 46.8 Å². The molecule has 1 saturated heterocycles. The third kappa shape index (κ3) is 4.75. The highest BCUT2D eigenvalue weighted by atomic mass is 127. The Bertz CT molecular complexity index is 618. The molecule has 0 atom stereocenters. The molecule has 0 radical (unpaired) electrons. The van der Waals surface area contributed by atoms with Crippen molar-refractivity contribution in [3.8, 4) is 0 Å². The van der Waals surface area contributed by atoms with E-state index in [1.54, 1.807) is 4.90 Å². The molecule has 5 nitrogen and oxygen atoms in total. The lowest BCUT2D eigenvalue weighted by Gasteiger charge is -2.36. The maximum Gasteiger partial charge on any atom is 0.410 e. The predicted molar refractivity (Wildman–Crippen MR) is 106 cm³/mol. The fourth-order valence-corrected chi connectivity index (χ4v) is 3.44. The van der Waals surface area contributed by atoms with Crippen molar-refractivity contribution in [3.05, 3.63) is 26.3 Å². The maximum atomic E-state index is 12.1. The number of amides is 1. The average molecular weight is 445 g/mol. The fraction of sp³-hybridized carbons (Fsp3) is 0.611. The van der Waals surface area contributed by atoms with Crippen LogP contribution >= 0.6 is 22.6 Å². The van der Waals surface area contributed by atoms with Crippen molar-refractivity contribution in [1.29, 1.82) is 0 Å². The summed E-state index contributed by atoms with van der Waals surface area (Å²) in [6, 6.07) is 2.22. The van der Waals surface area contributed by atoms with Gasteiger partial charge in [0.2, 0.25) is 0 Å². The first-order chi connectivity index (χ1) is 11.1. The average Bonchev–Trinajstić information content (AvgIpc) is 2.49. The summed E-state index contributed by atoms with van der Waals surface area (Å²) in [6.07, 6.45) is -0.215. The first-order valence-electron chi connectivity index (χ1n) is 8.33. The molecule has 1 aromatic rings. The van der Waals surface area contributed by atoms with Crippen LogP contribution in [0.4, 0.5) is 10.5 Å². The molecule has 0 aromatic heterocycles. The minimum Gasteiger partial charge on any atom is -0.444 e. The zero-order valence-electron chi connectivity index (χ0n) is 15.3. The van der Waals surface area contributed by atoms with Gasteiger partial charge in [0, 0.05) is 42.0 Å². The van der Waals surface area contributed by atoms with Crippen LogP contribution in [0, 0.1) is 17.4 Å². The zero-order chi connectivity index (χ0) is 18.1. The Kier molecular flexibility index (Phi) is 6.01. The molecule has 0 spiro atoms. The smallest absolute Gasteiger partial charge is 0.410 e. The summed E-state index contributed by atoms with van der Waals surface area (Å²) < 4.78 is 6.65. The molecule has 2 rings (SSSR count). The standard InChI is InChI=1S/C18H28IN3O2/c1-12-14(10-15(19)13(2)16(12)20)11-21-6-8-22(9-7-21)17(23)24-18(3,4)5/h10H,6-9,11,20H2,1-5H3. The monoisotopic (exact) mass is 445 g/mol. The van der Waals surface area contributed by atoms with Gasteiger partial charge in [0.05, 0.1) is 0 Å². The summed E-state index contributed by atoms with van der Waals surface area (Å²) >= 11 is 2.34. The number of nitrogens with zero attached hydrogens (tertiary/aromatic N) is 2. The molecule has 0 bridgehead atoms. The summed E-state index contributed by atoms with van der Waals surface area (Å²) in [5.74, 6) is 0. The van der Waals surface area contributed by atoms with E-state index in [9.17, 15) is 4.79 Å². The van der Waals surface area contributed by atoms with Gasteiger partial charge in [0.1, 0.15) is 5.60 Å². The van der Waals surface area contributed by atoms with Gasteiger partial charge in [0.15, 0.2) is 0 Å². The molecule has 1 fully saturated rings. The van der Waals surface area contributed by atoms with Crippen LogP contribution in [-0.2, 0) is 11.3 Å². The van der Waals surface area contributed by atoms with E-state index in [1.165, 1.54) is 14.7 Å². The van der Waals surface area contributed by atoms with Crippen LogP contribution < -0.4 is 5.73 Å². The quantitative estimate of drug-likeness (QED) is 0.559. The van der Waals surface area contributed by atoms with E-state index in [0.29, 0.717) is 13.1 Å². The molecule has 0 saturated carbocycles. The maximum absolute atomic E-state index is 12.1. The molecule has 2 N–H and O–H groups in total. The number of hydrogen-bond donors (Lipinski definition) is 1. The number of hydrogen-bond acceptors (Lipinski definition) is 4. The topological polar surface area (TPSA) is 58.8 Å². The van der Waals surface area contributed by atoms with Crippen LogP contribution in [0.25, 0.3) is 0 Å². The van der Waals surface area contributed by atoms with Gasteiger partial charge in [-0.2, -0.15) is 0 Å². The summed E-state index contributed by atoms with van der Waals surface area (Å²) in [6.45, 7) is 13.8. The number of nitrogens with two attached hydrogens (primary N) is 1. The largest absolute Gasteiger partial charge is 0.444 e. The Balaban J connectivity index is 1.96. The zero-order valence-corrected chi connectivity index (χ0v) is 17.4. The Morgan fingerprint density at radius 3 is 2.33 bits per heavy atom. The second kappa shape index (κ2) is 7.47. The van der Waals surface area contributed by atoms with Crippen LogP contribution in [0.2, 0.25) is 0 Å². The number of ether oxygens (including phenoxy) is 1. The lowest BCUT2D eigenvalue weighted by molar-refractivity contribution is 0.0139.